The van der Waals surface area contributed by atoms with Gasteiger partial charge >= 0.3 is 0 Å². The van der Waals surface area contributed by atoms with Gasteiger partial charge in [-0.15, -0.1) is 10.2 Å². The minimum atomic E-state index is 0.0767. The Labute approximate surface area is 143 Å². The van der Waals surface area contributed by atoms with E-state index in [0.29, 0.717) is 24.3 Å². The lowest BCUT2D eigenvalue weighted by atomic mass is 9.72. The highest BCUT2D eigenvalue weighted by Crippen LogP contribution is 2.36. The van der Waals surface area contributed by atoms with Crippen LogP contribution in [-0.4, -0.2) is 44.7 Å². The zero-order chi connectivity index (χ0) is 16.8. The van der Waals surface area contributed by atoms with Gasteiger partial charge in [-0.1, -0.05) is 20.8 Å². The van der Waals surface area contributed by atoms with Crippen molar-refractivity contribution in [3.05, 3.63) is 11.6 Å². The molecule has 0 radical (unpaired) electrons. The molecule has 3 heterocycles. The van der Waals surface area contributed by atoms with Gasteiger partial charge < -0.3 is 9.47 Å². The van der Waals surface area contributed by atoms with Gasteiger partial charge in [-0.25, -0.2) is 0 Å². The molecular weight excluding hydrogens is 304 g/mol. The SMILES string of the molecule is CC1CC2CNNC2C(C(=O)N2CCn3c(nnc3C(C)C)C2)C1. The number of hydrogen-bond acceptors (Lipinski definition) is 5. The molecule has 1 aliphatic carbocycles. The summed E-state index contributed by atoms with van der Waals surface area (Å²) < 4.78 is 2.19. The molecule has 7 nitrogen and oxygen atoms in total. The van der Waals surface area contributed by atoms with Crippen molar-refractivity contribution in [1.29, 1.82) is 0 Å². The molecule has 1 saturated carbocycles. The van der Waals surface area contributed by atoms with Crippen molar-refractivity contribution < 1.29 is 4.79 Å². The van der Waals surface area contributed by atoms with E-state index in [1.54, 1.807) is 0 Å². The summed E-state index contributed by atoms with van der Waals surface area (Å²) in [5.74, 6) is 3.87. The van der Waals surface area contributed by atoms with Crippen LogP contribution in [0.4, 0.5) is 0 Å². The molecule has 7 heteroatoms. The van der Waals surface area contributed by atoms with Gasteiger partial charge in [-0.3, -0.25) is 15.6 Å². The number of nitrogens with zero attached hydrogens (tertiary/aromatic N) is 4. The van der Waals surface area contributed by atoms with Crippen LogP contribution in [0.1, 0.15) is 51.2 Å². The molecule has 1 aromatic rings. The highest BCUT2D eigenvalue weighted by molar-refractivity contribution is 5.80. The number of hydrazine groups is 1. The van der Waals surface area contributed by atoms with Gasteiger partial charge in [0.05, 0.1) is 12.5 Å². The van der Waals surface area contributed by atoms with Gasteiger partial charge in [0, 0.05) is 31.6 Å². The van der Waals surface area contributed by atoms with E-state index in [2.05, 4.69) is 46.4 Å². The summed E-state index contributed by atoms with van der Waals surface area (Å²) in [6.45, 7) is 9.69. The highest BCUT2D eigenvalue weighted by Gasteiger charge is 2.44. The van der Waals surface area contributed by atoms with Crippen molar-refractivity contribution in [2.75, 3.05) is 13.1 Å². The maximum absolute atomic E-state index is 13.2. The largest absolute Gasteiger partial charge is 0.333 e. The summed E-state index contributed by atoms with van der Waals surface area (Å²) in [5.41, 5.74) is 6.61. The Balaban J connectivity index is 1.51. The fourth-order valence-electron chi connectivity index (χ4n) is 4.69. The van der Waals surface area contributed by atoms with Gasteiger partial charge in [-0.05, 0) is 24.7 Å². The van der Waals surface area contributed by atoms with Gasteiger partial charge in [0.1, 0.15) is 5.82 Å². The van der Waals surface area contributed by atoms with Gasteiger partial charge in [0.15, 0.2) is 5.82 Å². The first kappa shape index (κ1) is 16.0. The number of aromatic nitrogens is 3. The van der Waals surface area contributed by atoms with Crippen molar-refractivity contribution in [3.63, 3.8) is 0 Å². The molecule has 1 saturated heterocycles. The second-order valence-corrected chi connectivity index (χ2v) is 8.03. The number of nitrogens with one attached hydrogen (secondary N) is 2. The quantitative estimate of drug-likeness (QED) is 0.841. The van der Waals surface area contributed by atoms with Gasteiger partial charge in [0.2, 0.25) is 5.91 Å². The van der Waals surface area contributed by atoms with Gasteiger partial charge in [0.25, 0.3) is 0 Å². The van der Waals surface area contributed by atoms with E-state index in [1.165, 1.54) is 6.42 Å². The summed E-state index contributed by atoms with van der Waals surface area (Å²) >= 11 is 0. The van der Waals surface area contributed by atoms with E-state index >= 15 is 0 Å². The van der Waals surface area contributed by atoms with E-state index in [4.69, 9.17) is 0 Å². The van der Waals surface area contributed by atoms with Crippen LogP contribution < -0.4 is 10.9 Å². The molecule has 1 aromatic heterocycles. The Kier molecular flexibility index (Phi) is 4.08. The Bertz CT molecular complexity index is 627. The lowest BCUT2D eigenvalue weighted by Gasteiger charge is -2.39. The number of rotatable bonds is 2. The fourth-order valence-corrected chi connectivity index (χ4v) is 4.69. The highest BCUT2D eigenvalue weighted by atomic mass is 16.2. The average Bonchev–Trinajstić information content (AvgIpc) is 3.18. The Morgan fingerprint density at radius 1 is 1.25 bits per heavy atom. The monoisotopic (exact) mass is 332 g/mol. The molecule has 4 rings (SSSR count). The molecule has 4 atom stereocenters. The molecule has 2 N–H and O–H groups in total. The van der Waals surface area contributed by atoms with Crippen molar-refractivity contribution in [1.82, 2.24) is 30.5 Å². The topological polar surface area (TPSA) is 75.1 Å². The smallest absolute Gasteiger partial charge is 0.227 e. The van der Waals surface area contributed by atoms with Crippen molar-refractivity contribution in [2.24, 2.45) is 17.8 Å². The second kappa shape index (κ2) is 6.11. The molecule has 1 amide bonds. The Morgan fingerprint density at radius 2 is 2.08 bits per heavy atom. The van der Waals surface area contributed by atoms with Crippen LogP contribution >= 0.6 is 0 Å². The molecule has 2 fully saturated rings. The maximum atomic E-state index is 13.2. The van der Waals surface area contributed by atoms with Crippen molar-refractivity contribution in [3.8, 4) is 0 Å². The standard InChI is InChI=1S/C17H28N6O/c1-10(2)16-21-19-14-9-22(4-5-23(14)16)17(24)13-7-11(3)6-12-8-18-20-15(12)13/h10-13,15,18,20H,4-9H2,1-3H3. The van der Waals surface area contributed by atoms with Crippen LogP contribution in [0, 0.1) is 17.8 Å². The van der Waals surface area contributed by atoms with E-state index in [-0.39, 0.29) is 17.9 Å². The molecule has 0 aromatic carbocycles. The minimum absolute atomic E-state index is 0.0767. The van der Waals surface area contributed by atoms with E-state index in [0.717, 1.165) is 37.7 Å². The average molecular weight is 332 g/mol. The maximum Gasteiger partial charge on any atom is 0.227 e. The first-order valence-electron chi connectivity index (χ1n) is 9.23. The number of fused-ring (bicyclic) bond motifs is 2. The summed E-state index contributed by atoms with van der Waals surface area (Å²) in [5, 5.41) is 8.65. The predicted molar refractivity (Wildman–Crippen MR) is 89.8 cm³/mol. The molecule has 0 bridgehead atoms. The summed E-state index contributed by atoms with van der Waals surface area (Å²) in [6, 6.07) is 0.278. The zero-order valence-electron chi connectivity index (χ0n) is 14.8. The van der Waals surface area contributed by atoms with E-state index < -0.39 is 0 Å². The number of carbonyl (C=O) groups excluding carboxylic acids is 1. The normalized spacial score (nSPS) is 32.8. The van der Waals surface area contributed by atoms with Crippen LogP contribution in [0.15, 0.2) is 0 Å². The van der Waals surface area contributed by atoms with E-state index in [9.17, 15) is 4.79 Å². The minimum Gasteiger partial charge on any atom is -0.333 e. The predicted octanol–water partition coefficient (Wildman–Crippen LogP) is 0.882. The molecule has 0 spiro atoms. The summed E-state index contributed by atoms with van der Waals surface area (Å²) in [7, 11) is 0. The molecule has 132 valence electrons. The lowest BCUT2D eigenvalue weighted by Crippen LogP contribution is -2.51. The first-order chi connectivity index (χ1) is 11.5. The fraction of sp³-hybridized carbons (Fsp3) is 0.824. The molecule has 2 aliphatic heterocycles. The molecular formula is C17H28N6O. The zero-order valence-corrected chi connectivity index (χ0v) is 14.8. The van der Waals surface area contributed by atoms with Crippen molar-refractivity contribution >= 4 is 5.91 Å². The third kappa shape index (κ3) is 2.63. The van der Waals surface area contributed by atoms with Crippen LogP contribution in [0.2, 0.25) is 0 Å². The number of carbonyl (C=O) groups is 1. The lowest BCUT2D eigenvalue weighted by molar-refractivity contribution is -0.140. The molecule has 3 aliphatic rings. The molecule has 24 heavy (non-hydrogen) atoms. The van der Waals surface area contributed by atoms with Crippen LogP contribution in [0.25, 0.3) is 0 Å². The first-order valence-corrected chi connectivity index (χ1v) is 9.23. The van der Waals surface area contributed by atoms with Crippen molar-refractivity contribution in [2.45, 2.75) is 58.7 Å². The summed E-state index contributed by atoms with van der Waals surface area (Å²) in [6.07, 6.45) is 2.19. The van der Waals surface area contributed by atoms with Gasteiger partial charge in [-0.2, -0.15) is 0 Å². The second-order valence-electron chi connectivity index (χ2n) is 8.03. The Hall–Kier alpha value is -1.47. The van der Waals surface area contributed by atoms with E-state index in [1.807, 2.05) is 4.90 Å². The molecule has 4 unspecified atom stereocenters. The Morgan fingerprint density at radius 3 is 2.88 bits per heavy atom. The summed E-state index contributed by atoms with van der Waals surface area (Å²) in [4.78, 5) is 15.2. The number of amides is 1. The third-order valence-corrected chi connectivity index (χ3v) is 5.86. The number of hydrogen-bond donors (Lipinski definition) is 2. The van der Waals surface area contributed by atoms with Crippen LogP contribution in [-0.2, 0) is 17.9 Å². The van der Waals surface area contributed by atoms with Crippen LogP contribution in [0.3, 0.4) is 0 Å². The third-order valence-electron chi connectivity index (χ3n) is 5.86. The van der Waals surface area contributed by atoms with Crippen LogP contribution in [0.5, 0.6) is 0 Å².